The fourth-order valence-corrected chi connectivity index (χ4v) is 5.46. The molecule has 1 aromatic heterocycles. The lowest BCUT2D eigenvalue weighted by Gasteiger charge is -2.38. The van der Waals surface area contributed by atoms with E-state index in [-0.39, 0.29) is 12.1 Å². The van der Waals surface area contributed by atoms with Gasteiger partial charge in [0.15, 0.2) is 0 Å². The molecule has 0 saturated carbocycles. The molecule has 2 saturated heterocycles. The minimum Gasteiger partial charge on any atom is -0.421 e. The van der Waals surface area contributed by atoms with Crippen LogP contribution in [0.25, 0.3) is 0 Å². The molecule has 5 rings (SSSR count). The number of unbranched alkanes of at least 4 members (excludes halogenated alkanes) is 1. The number of nitrogens with one attached hydrogen (secondary N) is 1. The third-order valence-electron chi connectivity index (χ3n) is 7.36. The van der Waals surface area contributed by atoms with E-state index in [1.807, 2.05) is 0 Å². The molecule has 6 nitrogen and oxygen atoms in total. The Morgan fingerprint density at radius 3 is 2.44 bits per heavy atom. The van der Waals surface area contributed by atoms with Crippen molar-refractivity contribution in [2.45, 2.75) is 50.6 Å². The number of hydrogen-bond donors (Lipinski definition) is 1. The molecule has 2 aliphatic heterocycles. The molecule has 2 aliphatic rings. The predicted molar refractivity (Wildman–Crippen MR) is 135 cm³/mol. The van der Waals surface area contributed by atoms with E-state index in [2.05, 4.69) is 92.9 Å². The third kappa shape index (κ3) is 5.24. The molecule has 1 unspecified atom stereocenters. The molecule has 0 radical (unpaired) electrons. The van der Waals surface area contributed by atoms with Crippen molar-refractivity contribution in [1.82, 2.24) is 25.3 Å². The summed E-state index contributed by atoms with van der Waals surface area (Å²) in [7, 11) is 0. The highest BCUT2D eigenvalue weighted by atomic mass is 16.4. The second-order valence-electron chi connectivity index (χ2n) is 9.61. The average molecular weight is 460 g/mol. The van der Waals surface area contributed by atoms with Crippen LogP contribution in [-0.2, 0) is 0 Å². The van der Waals surface area contributed by atoms with Gasteiger partial charge < -0.3 is 14.6 Å². The maximum atomic E-state index is 6.50. The SMILES string of the molecule is CCCCN1CCN(C(c2ccccc2)c2nnc([C@H]3NCCC[C@H]3c3ccccc3)o2)CC1. The first-order valence-electron chi connectivity index (χ1n) is 13.0. The molecule has 3 aromatic rings. The van der Waals surface area contributed by atoms with Crippen molar-refractivity contribution >= 4 is 0 Å². The fraction of sp³-hybridized carbons (Fsp3) is 0.500. The Kier molecular flexibility index (Phi) is 7.69. The molecular weight excluding hydrogens is 422 g/mol. The van der Waals surface area contributed by atoms with Crippen molar-refractivity contribution in [2.24, 2.45) is 0 Å². The summed E-state index contributed by atoms with van der Waals surface area (Å²) in [6, 6.07) is 21.4. The molecule has 34 heavy (non-hydrogen) atoms. The Morgan fingerprint density at radius 1 is 0.971 bits per heavy atom. The first-order valence-corrected chi connectivity index (χ1v) is 13.0. The molecule has 3 atom stereocenters. The Balaban J connectivity index is 1.38. The lowest BCUT2D eigenvalue weighted by molar-refractivity contribution is 0.0972. The highest BCUT2D eigenvalue weighted by Crippen LogP contribution is 2.38. The standard InChI is InChI=1S/C28H37N5O/c1-2-3-17-32-18-20-33(21-19-32)26(23-13-8-5-9-14-23)28-31-30-27(34-28)25-24(15-10-16-29-25)22-11-6-4-7-12-22/h4-9,11-14,24-26,29H,2-3,10,15-21H2,1H3/t24-,25-,26?/m0/s1. The summed E-state index contributed by atoms with van der Waals surface area (Å²) >= 11 is 0. The number of piperidine rings is 1. The largest absolute Gasteiger partial charge is 0.421 e. The third-order valence-corrected chi connectivity index (χ3v) is 7.36. The Labute approximate surface area is 203 Å². The van der Waals surface area contributed by atoms with Crippen molar-refractivity contribution in [3.8, 4) is 0 Å². The van der Waals surface area contributed by atoms with Crippen molar-refractivity contribution in [2.75, 3.05) is 39.3 Å². The number of aromatic nitrogens is 2. The summed E-state index contributed by atoms with van der Waals surface area (Å²) in [4.78, 5) is 5.09. The van der Waals surface area contributed by atoms with Crippen LogP contribution >= 0.6 is 0 Å². The van der Waals surface area contributed by atoms with Gasteiger partial charge in [-0.15, -0.1) is 10.2 Å². The van der Waals surface area contributed by atoms with Crippen LogP contribution in [0.3, 0.4) is 0 Å². The van der Waals surface area contributed by atoms with Gasteiger partial charge in [-0.25, -0.2) is 0 Å². The second-order valence-corrected chi connectivity index (χ2v) is 9.61. The van der Waals surface area contributed by atoms with Crippen molar-refractivity contribution in [1.29, 1.82) is 0 Å². The Bertz CT molecular complexity index is 1000. The van der Waals surface area contributed by atoms with Crippen LogP contribution in [0.5, 0.6) is 0 Å². The summed E-state index contributed by atoms with van der Waals surface area (Å²) < 4.78 is 6.50. The van der Waals surface area contributed by atoms with Gasteiger partial charge in [0.25, 0.3) is 0 Å². The van der Waals surface area contributed by atoms with Gasteiger partial charge in [0, 0.05) is 32.1 Å². The van der Waals surface area contributed by atoms with Crippen LogP contribution in [0.1, 0.15) is 73.5 Å². The van der Waals surface area contributed by atoms with E-state index >= 15 is 0 Å². The van der Waals surface area contributed by atoms with Gasteiger partial charge in [-0.3, -0.25) is 4.90 Å². The second kappa shape index (κ2) is 11.3. The van der Waals surface area contributed by atoms with E-state index in [0.29, 0.717) is 17.7 Å². The minimum absolute atomic E-state index is 0.00505. The molecule has 3 heterocycles. The highest BCUT2D eigenvalue weighted by molar-refractivity contribution is 5.26. The van der Waals surface area contributed by atoms with Gasteiger partial charge in [0.1, 0.15) is 6.04 Å². The van der Waals surface area contributed by atoms with Crippen molar-refractivity contribution in [3.05, 3.63) is 83.6 Å². The van der Waals surface area contributed by atoms with Gasteiger partial charge in [-0.2, -0.15) is 0 Å². The van der Waals surface area contributed by atoms with E-state index in [1.165, 1.54) is 30.5 Å². The summed E-state index contributed by atoms with van der Waals surface area (Å²) in [6.45, 7) is 8.63. The molecule has 2 fully saturated rings. The molecule has 0 aliphatic carbocycles. The van der Waals surface area contributed by atoms with Gasteiger partial charge in [-0.05, 0) is 43.5 Å². The maximum Gasteiger partial charge on any atom is 0.238 e. The molecule has 0 spiro atoms. The predicted octanol–water partition coefficient (Wildman–Crippen LogP) is 4.79. The monoisotopic (exact) mass is 459 g/mol. The molecule has 0 amide bonds. The summed E-state index contributed by atoms with van der Waals surface area (Å²) in [5.74, 6) is 1.77. The fourth-order valence-electron chi connectivity index (χ4n) is 5.46. The molecule has 180 valence electrons. The Hall–Kier alpha value is -2.54. The van der Waals surface area contributed by atoms with Crippen LogP contribution in [-0.4, -0.2) is 59.3 Å². The van der Waals surface area contributed by atoms with Crippen LogP contribution in [0.2, 0.25) is 0 Å². The Morgan fingerprint density at radius 2 is 1.71 bits per heavy atom. The lowest BCUT2D eigenvalue weighted by Crippen LogP contribution is -2.48. The van der Waals surface area contributed by atoms with E-state index in [0.717, 1.165) is 45.6 Å². The van der Waals surface area contributed by atoms with E-state index < -0.39 is 0 Å². The van der Waals surface area contributed by atoms with Crippen LogP contribution in [0, 0.1) is 0 Å². The first-order chi connectivity index (χ1) is 16.8. The molecule has 1 N–H and O–H groups in total. The molecular formula is C28H37N5O. The van der Waals surface area contributed by atoms with E-state index in [4.69, 9.17) is 4.42 Å². The van der Waals surface area contributed by atoms with Crippen LogP contribution < -0.4 is 5.32 Å². The number of piperazine rings is 1. The normalized spacial score (nSPS) is 23.1. The summed E-state index contributed by atoms with van der Waals surface area (Å²) in [5, 5.41) is 12.9. The topological polar surface area (TPSA) is 57.4 Å². The van der Waals surface area contributed by atoms with Gasteiger partial charge >= 0.3 is 0 Å². The number of hydrogen-bond acceptors (Lipinski definition) is 6. The summed E-state index contributed by atoms with van der Waals surface area (Å²) in [5.41, 5.74) is 2.55. The zero-order valence-corrected chi connectivity index (χ0v) is 20.3. The van der Waals surface area contributed by atoms with Gasteiger partial charge in [0.2, 0.25) is 11.8 Å². The van der Waals surface area contributed by atoms with Crippen LogP contribution in [0.15, 0.2) is 65.1 Å². The maximum absolute atomic E-state index is 6.50. The molecule has 0 bridgehead atoms. The van der Waals surface area contributed by atoms with Gasteiger partial charge in [-0.1, -0.05) is 74.0 Å². The van der Waals surface area contributed by atoms with E-state index in [9.17, 15) is 0 Å². The smallest absolute Gasteiger partial charge is 0.238 e. The van der Waals surface area contributed by atoms with Crippen molar-refractivity contribution < 1.29 is 4.42 Å². The number of rotatable bonds is 8. The average Bonchev–Trinajstić information content (AvgIpc) is 3.39. The number of benzene rings is 2. The van der Waals surface area contributed by atoms with Gasteiger partial charge in [0.05, 0.1) is 6.04 Å². The zero-order chi connectivity index (χ0) is 23.2. The number of nitrogens with zero attached hydrogens (tertiary/aromatic N) is 4. The highest BCUT2D eigenvalue weighted by Gasteiger charge is 2.35. The van der Waals surface area contributed by atoms with E-state index in [1.54, 1.807) is 0 Å². The van der Waals surface area contributed by atoms with Crippen LogP contribution in [0.4, 0.5) is 0 Å². The molecule has 6 heteroatoms. The first kappa shape index (κ1) is 23.2. The minimum atomic E-state index is -0.00505. The molecule has 2 aromatic carbocycles. The van der Waals surface area contributed by atoms with Crippen molar-refractivity contribution in [3.63, 3.8) is 0 Å². The summed E-state index contributed by atoms with van der Waals surface area (Å²) in [6.07, 6.45) is 4.80. The quantitative estimate of drug-likeness (QED) is 0.523. The lowest BCUT2D eigenvalue weighted by atomic mass is 9.85. The zero-order valence-electron chi connectivity index (χ0n) is 20.3.